The molecule has 1 heterocycles. The van der Waals surface area contributed by atoms with E-state index in [2.05, 4.69) is 283 Å². The van der Waals surface area contributed by atoms with Crippen molar-refractivity contribution in [2.75, 3.05) is 9.80 Å². The van der Waals surface area contributed by atoms with Crippen molar-refractivity contribution in [3.05, 3.63) is 334 Å². The van der Waals surface area contributed by atoms with E-state index >= 15 is 0 Å². The van der Waals surface area contributed by atoms with E-state index in [-0.39, 0.29) is 5.92 Å². The third-order valence-electron chi connectivity index (χ3n) is 15.7. The summed E-state index contributed by atoms with van der Waals surface area (Å²) in [6, 6.07) is 97.1. The first-order chi connectivity index (χ1) is 34.7. The Labute approximate surface area is 410 Å². The molecule has 0 aromatic heterocycles. The predicted molar refractivity (Wildman–Crippen MR) is 288 cm³/mol. The molecule has 10 aromatic carbocycles. The van der Waals surface area contributed by atoms with Gasteiger partial charge in [0.15, 0.2) is 0 Å². The zero-order chi connectivity index (χ0) is 46.2. The van der Waals surface area contributed by atoms with Gasteiger partial charge in [-0.3, -0.25) is 0 Å². The summed E-state index contributed by atoms with van der Waals surface area (Å²) in [4.78, 5) is 4.96. The second-order valence-corrected chi connectivity index (χ2v) is 19.1. The summed E-state index contributed by atoms with van der Waals surface area (Å²) in [5.74, 6) is 0.199. The van der Waals surface area contributed by atoms with Gasteiger partial charge >= 0.3 is 0 Å². The lowest BCUT2D eigenvalue weighted by Crippen LogP contribution is -2.44. The van der Waals surface area contributed by atoms with E-state index in [1.54, 1.807) is 0 Å². The number of nitrogens with zero attached hydrogens (tertiary/aromatic N) is 2. The van der Waals surface area contributed by atoms with E-state index in [4.69, 9.17) is 0 Å². The first-order valence-corrected chi connectivity index (χ1v) is 24.6. The van der Waals surface area contributed by atoms with Crippen molar-refractivity contribution >= 4 is 22.7 Å². The molecular formula is C68H48N2. The maximum Gasteiger partial charge on any atom is 0.0720 e. The van der Waals surface area contributed by atoms with E-state index in [0.29, 0.717) is 0 Å². The molecule has 2 nitrogen and oxygen atoms in total. The molecule has 10 aromatic rings. The van der Waals surface area contributed by atoms with Gasteiger partial charge in [-0.05, 0) is 127 Å². The molecule has 0 amide bonds. The van der Waals surface area contributed by atoms with E-state index in [9.17, 15) is 0 Å². The molecule has 1 aliphatic heterocycles. The fourth-order valence-corrected chi connectivity index (χ4v) is 13.0. The molecule has 4 aliphatic rings. The average Bonchev–Trinajstić information content (AvgIpc) is 3.94. The highest BCUT2D eigenvalue weighted by Gasteiger charge is 2.57. The minimum atomic E-state index is -0.613. The molecule has 3 aliphatic carbocycles. The zero-order valence-electron chi connectivity index (χ0n) is 38.7. The lowest BCUT2D eigenvalue weighted by Gasteiger charge is -2.49. The normalized spacial score (nSPS) is 18.9. The van der Waals surface area contributed by atoms with Crippen LogP contribution in [-0.4, -0.2) is 0 Å². The number of fused-ring (bicyclic) bond motifs is 8. The van der Waals surface area contributed by atoms with Crippen LogP contribution < -0.4 is 9.80 Å². The second-order valence-electron chi connectivity index (χ2n) is 19.1. The van der Waals surface area contributed by atoms with Crippen LogP contribution in [0.3, 0.4) is 0 Å². The van der Waals surface area contributed by atoms with Crippen molar-refractivity contribution in [2.24, 2.45) is 0 Å². The fourth-order valence-electron chi connectivity index (χ4n) is 13.0. The van der Waals surface area contributed by atoms with E-state index in [0.717, 1.165) is 17.8 Å². The molecule has 0 fully saturated rings. The van der Waals surface area contributed by atoms with E-state index in [1.807, 2.05) is 0 Å². The van der Waals surface area contributed by atoms with Gasteiger partial charge in [0.2, 0.25) is 0 Å². The molecule has 0 saturated carbocycles. The van der Waals surface area contributed by atoms with Gasteiger partial charge in [-0.15, -0.1) is 0 Å². The van der Waals surface area contributed by atoms with Crippen molar-refractivity contribution in [1.82, 2.24) is 0 Å². The molecular weight excluding hydrogens is 845 g/mol. The van der Waals surface area contributed by atoms with Gasteiger partial charge in [0, 0.05) is 46.5 Å². The van der Waals surface area contributed by atoms with Crippen molar-refractivity contribution in [1.29, 1.82) is 0 Å². The Kier molecular flexibility index (Phi) is 9.19. The molecule has 0 radical (unpaired) electrons. The predicted octanol–water partition coefficient (Wildman–Crippen LogP) is 16.7. The lowest BCUT2D eigenvalue weighted by molar-refractivity contribution is 0.626. The summed E-state index contributed by atoms with van der Waals surface area (Å²) in [5.41, 5.74) is 23.1. The van der Waals surface area contributed by atoms with Gasteiger partial charge in [-0.25, -0.2) is 0 Å². The first kappa shape index (κ1) is 40.4. The largest absolute Gasteiger partial charge is 0.314 e. The summed E-state index contributed by atoms with van der Waals surface area (Å²) in [6.45, 7) is 0. The van der Waals surface area contributed by atoms with Gasteiger partial charge in [0.05, 0.1) is 10.8 Å². The van der Waals surface area contributed by atoms with Crippen LogP contribution >= 0.6 is 0 Å². The van der Waals surface area contributed by atoms with Gasteiger partial charge in [-0.1, -0.05) is 218 Å². The van der Waals surface area contributed by atoms with Crippen LogP contribution in [0, 0.1) is 0 Å². The number of rotatable bonds is 8. The van der Waals surface area contributed by atoms with Crippen LogP contribution in [0.4, 0.5) is 22.7 Å². The van der Waals surface area contributed by atoms with E-state index in [1.165, 1.54) is 95.1 Å². The zero-order valence-corrected chi connectivity index (χ0v) is 38.7. The van der Waals surface area contributed by atoms with Crippen LogP contribution in [0.2, 0.25) is 0 Å². The Balaban J connectivity index is 0.925. The average molecular weight is 893 g/mol. The van der Waals surface area contributed by atoms with Gasteiger partial charge in [0.25, 0.3) is 0 Å². The van der Waals surface area contributed by atoms with Gasteiger partial charge in [-0.2, -0.15) is 0 Å². The van der Waals surface area contributed by atoms with Crippen LogP contribution in [0.15, 0.2) is 284 Å². The summed E-state index contributed by atoms with van der Waals surface area (Å²) in [7, 11) is 0. The van der Waals surface area contributed by atoms with Crippen molar-refractivity contribution in [3.8, 4) is 22.3 Å². The van der Waals surface area contributed by atoms with Gasteiger partial charge in [0.1, 0.15) is 0 Å². The third kappa shape index (κ3) is 5.74. The minimum absolute atomic E-state index is 0.199. The Hall–Kier alpha value is -8.72. The Bertz CT molecular complexity index is 3670. The smallest absolute Gasteiger partial charge is 0.0720 e. The van der Waals surface area contributed by atoms with E-state index < -0.39 is 10.8 Å². The van der Waals surface area contributed by atoms with Crippen LogP contribution in [-0.2, 0) is 10.8 Å². The summed E-state index contributed by atoms with van der Waals surface area (Å²) >= 11 is 0. The summed E-state index contributed by atoms with van der Waals surface area (Å²) in [6.07, 6.45) is 5.59. The number of hydrogen-bond donors (Lipinski definition) is 0. The monoisotopic (exact) mass is 892 g/mol. The molecule has 70 heavy (non-hydrogen) atoms. The SMILES string of the molecule is C1=C(N(c2ccccc2)c2ccc(C3(c4ccccc4)c4ccccc4C4(c5ccccc5)c5ccccc5-c5cccc3c54)cc2)CC2C(=C1)N(c1ccc(-c3ccccc3)cc1)c1ccccc12. The highest BCUT2D eigenvalue weighted by molar-refractivity contribution is 5.92. The molecule has 2 heteroatoms. The van der Waals surface area contributed by atoms with Crippen LogP contribution in [0.1, 0.15) is 62.4 Å². The number of allylic oxidation sites excluding steroid dienone is 4. The standard InChI is InChI=1S/C68H48N2/c1-5-20-47(21-6-1)48-36-40-54(41-37-48)70-64-35-18-14-29-57(64)59-46-55(44-45-65(59)70)69(52-26-11-4-12-27-52)53-42-38-51(39-43-53)67(49-22-7-2-8-23-49)61-32-16-17-33-62(61)68(50-24-9-3-10-25-50)60-31-15-13-28-56(60)58-30-19-34-63(67)66(58)68/h1-45,59H,46H2. The summed E-state index contributed by atoms with van der Waals surface area (Å²) in [5, 5.41) is 0. The topological polar surface area (TPSA) is 6.48 Å². The fraction of sp³-hybridized carbons (Fsp3) is 0.0588. The highest BCUT2D eigenvalue weighted by atomic mass is 15.2. The minimum Gasteiger partial charge on any atom is -0.314 e. The molecule has 3 atom stereocenters. The molecule has 0 N–H and O–H groups in total. The van der Waals surface area contributed by atoms with Crippen LogP contribution in [0.5, 0.6) is 0 Å². The molecule has 3 unspecified atom stereocenters. The quantitative estimate of drug-likeness (QED) is 0.150. The molecule has 0 bridgehead atoms. The van der Waals surface area contributed by atoms with Crippen molar-refractivity contribution in [2.45, 2.75) is 23.2 Å². The van der Waals surface area contributed by atoms with Crippen molar-refractivity contribution in [3.63, 3.8) is 0 Å². The maximum atomic E-state index is 2.48. The number of hydrogen-bond acceptors (Lipinski definition) is 2. The maximum absolute atomic E-state index is 2.48. The Morgan fingerprint density at radius 3 is 1.60 bits per heavy atom. The highest BCUT2D eigenvalue weighted by Crippen LogP contribution is 2.66. The van der Waals surface area contributed by atoms with Crippen molar-refractivity contribution < 1.29 is 0 Å². The number of anilines is 4. The molecule has 0 saturated heterocycles. The molecule has 14 rings (SSSR count). The second kappa shape index (κ2) is 15.9. The lowest BCUT2D eigenvalue weighted by atomic mass is 9.52. The Morgan fingerprint density at radius 1 is 0.371 bits per heavy atom. The third-order valence-corrected chi connectivity index (χ3v) is 15.7. The first-order valence-electron chi connectivity index (χ1n) is 24.6. The molecule has 0 spiro atoms. The van der Waals surface area contributed by atoms with Crippen LogP contribution in [0.25, 0.3) is 22.3 Å². The van der Waals surface area contributed by atoms with Gasteiger partial charge < -0.3 is 9.80 Å². The summed E-state index contributed by atoms with van der Waals surface area (Å²) < 4.78 is 0. The number of para-hydroxylation sites is 2. The number of benzene rings is 10. The Morgan fingerprint density at radius 2 is 0.886 bits per heavy atom. The molecule has 330 valence electrons.